The third kappa shape index (κ3) is 3.39. The molecule has 108 valence electrons. The lowest BCUT2D eigenvalue weighted by Crippen LogP contribution is -2.38. The summed E-state index contributed by atoms with van der Waals surface area (Å²) in [5, 5.41) is 0. The topological polar surface area (TPSA) is 29.3 Å². The summed E-state index contributed by atoms with van der Waals surface area (Å²) in [4.78, 5) is 5.42. The second-order valence-corrected chi connectivity index (χ2v) is 8.42. The van der Waals surface area contributed by atoms with E-state index in [1.165, 1.54) is 29.3 Å². The summed E-state index contributed by atoms with van der Waals surface area (Å²) in [6.45, 7) is 13.8. The molecule has 0 radical (unpaired) electrons. The summed E-state index contributed by atoms with van der Waals surface area (Å²) >= 11 is 1.90. The van der Waals surface area contributed by atoms with Crippen molar-refractivity contribution in [3.63, 3.8) is 0 Å². The minimum absolute atomic E-state index is 0.191. The van der Waals surface area contributed by atoms with Crippen LogP contribution in [-0.4, -0.2) is 24.0 Å². The molecule has 3 atom stereocenters. The van der Waals surface area contributed by atoms with E-state index in [2.05, 4.69) is 51.7 Å². The van der Waals surface area contributed by atoms with Crippen molar-refractivity contribution in [1.82, 2.24) is 4.90 Å². The van der Waals surface area contributed by atoms with Crippen molar-refractivity contribution >= 4 is 11.3 Å². The third-order valence-electron chi connectivity index (χ3n) is 4.39. The van der Waals surface area contributed by atoms with Crippen LogP contribution in [0.2, 0.25) is 0 Å². The number of aryl methyl sites for hydroxylation is 1. The minimum atomic E-state index is 0.191. The highest BCUT2D eigenvalue weighted by molar-refractivity contribution is 7.12. The highest BCUT2D eigenvalue weighted by Gasteiger charge is 2.36. The Morgan fingerprint density at radius 1 is 1.37 bits per heavy atom. The molecule has 0 aromatic carbocycles. The Bertz CT molecular complexity index is 417. The lowest BCUT2D eigenvalue weighted by molar-refractivity contribution is 0.182. The van der Waals surface area contributed by atoms with Gasteiger partial charge in [-0.2, -0.15) is 0 Å². The molecule has 1 aromatic rings. The summed E-state index contributed by atoms with van der Waals surface area (Å²) in [6, 6.07) is 5.06. The normalized spacial score (nSPS) is 24.6. The molecule has 1 aliphatic rings. The number of nitrogens with zero attached hydrogens (tertiary/aromatic N) is 1. The van der Waals surface area contributed by atoms with Gasteiger partial charge in [0.25, 0.3) is 0 Å². The van der Waals surface area contributed by atoms with Crippen LogP contribution in [0.1, 0.15) is 49.9 Å². The van der Waals surface area contributed by atoms with E-state index in [0.717, 1.165) is 5.92 Å². The van der Waals surface area contributed by atoms with Crippen molar-refractivity contribution in [2.24, 2.45) is 17.1 Å². The van der Waals surface area contributed by atoms with Gasteiger partial charge in [-0.05, 0) is 50.3 Å². The average molecular weight is 280 g/mol. The zero-order valence-corrected chi connectivity index (χ0v) is 13.8. The zero-order chi connectivity index (χ0) is 14.2. The van der Waals surface area contributed by atoms with Crippen molar-refractivity contribution in [2.75, 3.05) is 13.1 Å². The number of rotatable bonds is 3. The highest BCUT2D eigenvalue weighted by atomic mass is 32.1. The first-order valence-electron chi connectivity index (χ1n) is 7.35. The van der Waals surface area contributed by atoms with Gasteiger partial charge in [-0.15, -0.1) is 11.3 Å². The fourth-order valence-corrected chi connectivity index (χ4v) is 4.26. The van der Waals surface area contributed by atoms with Crippen LogP contribution in [-0.2, 0) is 0 Å². The van der Waals surface area contributed by atoms with Crippen LogP contribution < -0.4 is 5.73 Å². The van der Waals surface area contributed by atoms with Gasteiger partial charge in [0.15, 0.2) is 0 Å². The molecule has 2 nitrogen and oxygen atoms in total. The molecular weight excluding hydrogens is 252 g/mol. The van der Waals surface area contributed by atoms with Gasteiger partial charge < -0.3 is 5.73 Å². The standard InChI is InChI=1S/C16H28N2S/c1-11-6-7-14(19-11)15(12(2)17)18-9-8-13(10-18)16(3,4)5/h6-7,12-13,15H,8-10,17H2,1-5H3. The summed E-state index contributed by atoms with van der Waals surface area (Å²) in [6.07, 6.45) is 1.30. The monoisotopic (exact) mass is 280 g/mol. The van der Waals surface area contributed by atoms with Crippen molar-refractivity contribution < 1.29 is 0 Å². The van der Waals surface area contributed by atoms with Crippen LogP contribution in [0.3, 0.4) is 0 Å². The Kier molecular flexibility index (Phi) is 4.38. The largest absolute Gasteiger partial charge is 0.326 e. The van der Waals surface area contributed by atoms with Gasteiger partial charge in [-0.3, -0.25) is 4.90 Å². The summed E-state index contributed by atoms with van der Waals surface area (Å²) in [7, 11) is 0. The predicted molar refractivity (Wildman–Crippen MR) is 84.6 cm³/mol. The molecule has 2 N–H and O–H groups in total. The molecule has 2 heterocycles. The van der Waals surface area contributed by atoms with Crippen molar-refractivity contribution in [3.05, 3.63) is 21.9 Å². The second kappa shape index (κ2) is 5.55. The second-order valence-electron chi connectivity index (χ2n) is 7.10. The lowest BCUT2D eigenvalue weighted by Gasteiger charge is -2.32. The van der Waals surface area contributed by atoms with E-state index in [0.29, 0.717) is 11.5 Å². The van der Waals surface area contributed by atoms with Crippen molar-refractivity contribution in [2.45, 2.75) is 53.1 Å². The molecule has 1 aromatic heterocycles. The summed E-state index contributed by atoms with van der Waals surface area (Å²) in [5.74, 6) is 0.787. The first-order chi connectivity index (χ1) is 8.79. The number of nitrogens with two attached hydrogens (primary N) is 1. The van der Waals surface area contributed by atoms with Gasteiger partial charge in [-0.25, -0.2) is 0 Å². The molecule has 1 fully saturated rings. The molecule has 0 saturated carbocycles. The number of hydrogen-bond donors (Lipinski definition) is 1. The van der Waals surface area contributed by atoms with Gasteiger partial charge in [0.1, 0.15) is 0 Å². The van der Waals surface area contributed by atoms with Crippen molar-refractivity contribution in [3.8, 4) is 0 Å². The van der Waals surface area contributed by atoms with Gasteiger partial charge >= 0.3 is 0 Å². The fraction of sp³-hybridized carbons (Fsp3) is 0.750. The Hall–Kier alpha value is -0.380. The Balaban J connectivity index is 2.14. The molecule has 0 amide bonds. The Morgan fingerprint density at radius 2 is 2.05 bits per heavy atom. The van der Waals surface area contributed by atoms with E-state index in [9.17, 15) is 0 Å². The van der Waals surface area contributed by atoms with Gasteiger partial charge in [0.05, 0.1) is 6.04 Å². The third-order valence-corrected chi connectivity index (χ3v) is 5.46. The van der Waals surface area contributed by atoms with E-state index in [1.807, 2.05) is 11.3 Å². The Labute approximate surface area is 122 Å². The average Bonchev–Trinajstić information content (AvgIpc) is 2.87. The first-order valence-corrected chi connectivity index (χ1v) is 8.16. The maximum Gasteiger partial charge on any atom is 0.0590 e. The molecular formula is C16H28N2S. The van der Waals surface area contributed by atoms with E-state index >= 15 is 0 Å². The molecule has 0 bridgehead atoms. The van der Waals surface area contributed by atoms with Crippen LogP contribution in [0.25, 0.3) is 0 Å². The van der Waals surface area contributed by atoms with Crippen LogP contribution >= 0.6 is 11.3 Å². The van der Waals surface area contributed by atoms with Gasteiger partial charge in [0.2, 0.25) is 0 Å². The molecule has 1 aliphatic heterocycles. The van der Waals surface area contributed by atoms with Gasteiger partial charge in [0, 0.05) is 22.3 Å². The molecule has 0 spiro atoms. The molecule has 19 heavy (non-hydrogen) atoms. The SMILES string of the molecule is Cc1ccc(C(C(C)N)N2CCC(C(C)(C)C)C2)s1. The van der Waals surface area contributed by atoms with Crippen LogP contribution in [0.15, 0.2) is 12.1 Å². The Morgan fingerprint density at radius 3 is 2.47 bits per heavy atom. The number of thiophene rings is 1. The maximum atomic E-state index is 6.28. The number of likely N-dealkylation sites (tertiary alicyclic amines) is 1. The zero-order valence-electron chi connectivity index (χ0n) is 12.9. The van der Waals surface area contributed by atoms with E-state index < -0.39 is 0 Å². The van der Waals surface area contributed by atoms with E-state index in [-0.39, 0.29) is 6.04 Å². The van der Waals surface area contributed by atoms with E-state index in [4.69, 9.17) is 5.73 Å². The fourth-order valence-electron chi connectivity index (χ4n) is 3.13. The van der Waals surface area contributed by atoms with Crippen molar-refractivity contribution in [1.29, 1.82) is 0 Å². The first kappa shape index (κ1) is 15.0. The molecule has 2 rings (SSSR count). The van der Waals surface area contributed by atoms with Crippen LogP contribution in [0.5, 0.6) is 0 Å². The molecule has 3 unspecified atom stereocenters. The smallest absolute Gasteiger partial charge is 0.0590 e. The quantitative estimate of drug-likeness (QED) is 0.912. The van der Waals surface area contributed by atoms with Crippen LogP contribution in [0, 0.1) is 18.3 Å². The summed E-state index contributed by atoms with van der Waals surface area (Å²) in [5.41, 5.74) is 6.68. The lowest BCUT2D eigenvalue weighted by atomic mass is 9.80. The number of hydrogen-bond acceptors (Lipinski definition) is 3. The maximum absolute atomic E-state index is 6.28. The summed E-state index contributed by atoms with van der Waals surface area (Å²) < 4.78 is 0. The predicted octanol–water partition coefficient (Wildman–Crippen LogP) is 3.81. The van der Waals surface area contributed by atoms with Gasteiger partial charge in [-0.1, -0.05) is 20.8 Å². The highest BCUT2D eigenvalue weighted by Crippen LogP contribution is 2.39. The molecule has 3 heteroatoms. The van der Waals surface area contributed by atoms with E-state index in [1.54, 1.807) is 0 Å². The minimum Gasteiger partial charge on any atom is -0.326 e. The molecule has 0 aliphatic carbocycles. The molecule has 1 saturated heterocycles. The van der Waals surface area contributed by atoms with Crippen LogP contribution in [0.4, 0.5) is 0 Å².